The Hall–Kier alpha value is -4.66. The number of esters is 1. The van der Waals surface area contributed by atoms with Crippen LogP contribution in [0.4, 0.5) is 0 Å². The van der Waals surface area contributed by atoms with Crippen LogP contribution in [0.1, 0.15) is 47.8 Å². The van der Waals surface area contributed by atoms with Gasteiger partial charge >= 0.3 is 5.97 Å². The van der Waals surface area contributed by atoms with Crippen molar-refractivity contribution in [2.24, 2.45) is 5.73 Å². The summed E-state index contributed by atoms with van der Waals surface area (Å²) in [7, 11) is 0. The van der Waals surface area contributed by atoms with Gasteiger partial charge in [0.1, 0.15) is 5.69 Å². The normalized spacial score (nSPS) is 11.6. The molecule has 9 nitrogen and oxygen atoms in total. The lowest BCUT2D eigenvalue weighted by molar-refractivity contribution is -0.138. The number of rotatable bonds is 12. The maximum absolute atomic E-state index is 13.4. The molecule has 0 spiro atoms. The number of aryl methyl sites for hydroxylation is 2. The van der Waals surface area contributed by atoms with Gasteiger partial charge in [-0.1, -0.05) is 60.7 Å². The Balaban J connectivity index is 1.87. The first kappa shape index (κ1) is 28.9. The standard InChI is InChI=1S/C30H34N4O5/c1-3-39-29(37)20-15-23(14-18-27(31)35)34(28(36)19-13-22-10-5-4-6-11-22)33-30(38)26-17-16-25(32-26)24-12-8-7-9-21(24)2/h4-12,15-17,20,23,32H,3,13-14,18-19H2,1-2H3,(H2,31,35)(H,33,38)/t23-/m0/s1. The van der Waals surface area contributed by atoms with Crippen LogP contribution in [-0.4, -0.2) is 46.3 Å². The number of aromatic amines is 1. The highest BCUT2D eigenvalue weighted by Crippen LogP contribution is 2.22. The molecule has 3 amide bonds. The highest BCUT2D eigenvalue weighted by atomic mass is 16.5. The van der Waals surface area contributed by atoms with Gasteiger partial charge in [0, 0.05) is 30.2 Å². The molecule has 0 radical (unpaired) electrons. The Morgan fingerprint density at radius 1 is 1.00 bits per heavy atom. The summed E-state index contributed by atoms with van der Waals surface area (Å²) in [6, 6.07) is 19.9. The van der Waals surface area contributed by atoms with Crippen molar-refractivity contribution in [3.63, 3.8) is 0 Å². The Morgan fingerprint density at radius 2 is 1.72 bits per heavy atom. The molecular weight excluding hydrogens is 496 g/mol. The number of amides is 3. The average Bonchev–Trinajstić information content (AvgIpc) is 3.42. The highest BCUT2D eigenvalue weighted by Gasteiger charge is 2.26. The fourth-order valence-electron chi connectivity index (χ4n) is 4.06. The molecule has 0 unspecified atom stereocenters. The number of nitrogens with two attached hydrogens (primary N) is 1. The van der Waals surface area contributed by atoms with Crippen molar-refractivity contribution in [2.45, 2.75) is 45.6 Å². The van der Waals surface area contributed by atoms with Crippen molar-refractivity contribution in [1.82, 2.24) is 15.4 Å². The van der Waals surface area contributed by atoms with Crippen LogP contribution >= 0.6 is 0 Å². The summed E-state index contributed by atoms with van der Waals surface area (Å²) >= 11 is 0. The molecule has 1 aromatic heterocycles. The number of H-pyrrole nitrogens is 1. The smallest absolute Gasteiger partial charge is 0.330 e. The SMILES string of the molecule is CCOC(=O)C=C[C@H](CCC(N)=O)N(NC(=O)c1ccc(-c2ccccc2C)[nH]1)C(=O)CCc1ccccc1. The first-order chi connectivity index (χ1) is 18.8. The van der Waals surface area contributed by atoms with Gasteiger partial charge in [-0.2, -0.15) is 0 Å². The van der Waals surface area contributed by atoms with E-state index in [1.54, 1.807) is 19.1 Å². The van der Waals surface area contributed by atoms with E-state index in [0.29, 0.717) is 6.42 Å². The first-order valence-corrected chi connectivity index (χ1v) is 12.8. The number of carbonyl (C=O) groups is 4. The Morgan fingerprint density at radius 3 is 2.41 bits per heavy atom. The van der Waals surface area contributed by atoms with Gasteiger partial charge in [-0.05, 0) is 49.9 Å². The van der Waals surface area contributed by atoms with Gasteiger partial charge in [-0.25, -0.2) is 9.80 Å². The number of hydrogen-bond acceptors (Lipinski definition) is 5. The van der Waals surface area contributed by atoms with Gasteiger partial charge in [0.05, 0.1) is 12.6 Å². The van der Waals surface area contributed by atoms with Crippen molar-refractivity contribution in [3.8, 4) is 11.3 Å². The summed E-state index contributed by atoms with van der Waals surface area (Å²) in [5.41, 5.74) is 12.0. The van der Waals surface area contributed by atoms with Crippen molar-refractivity contribution in [2.75, 3.05) is 6.61 Å². The number of nitrogens with one attached hydrogen (secondary N) is 2. The third kappa shape index (κ3) is 8.70. The second-order valence-electron chi connectivity index (χ2n) is 8.97. The highest BCUT2D eigenvalue weighted by molar-refractivity contribution is 5.95. The van der Waals surface area contributed by atoms with Crippen LogP contribution in [0, 0.1) is 6.92 Å². The summed E-state index contributed by atoms with van der Waals surface area (Å²) in [6.07, 6.45) is 3.19. The van der Waals surface area contributed by atoms with Crippen LogP contribution in [0.15, 0.2) is 78.9 Å². The minimum absolute atomic E-state index is 0.0594. The van der Waals surface area contributed by atoms with E-state index < -0.39 is 23.8 Å². The van der Waals surface area contributed by atoms with Crippen LogP contribution < -0.4 is 11.2 Å². The third-order valence-electron chi connectivity index (χ3n) is 6.09. The summed E-state index contributed by atoms with van der Waals surface area (Å²) in [4.78, 5) is 53.4. The van der Waals surface area contributed by atoms with Gasteiger partial charge in [-0.15, -0.1) is 0 Å². The zero-order valence-corrected chi connectivity index (χ0v) is 22.2. The van der Waals surface area contributed by atoms with E-state index in [9.17, 15) is 19.2 Å². The first-order valence-electron chi connectivity index (χ1n) is 12.8. The Bertz CT molecular complexity index is 1320. The van der Waals surface area contributed by atoms with Gasteiger partial charge in [-0.3, -0.25) is 19.8 Å². The van der Waals surface area contributed by atoms with E-state index in [-0.39, 0.29) is 37.5 Å². The van der Waals surface area contributed by atoms with E-state index in [1.165, 1.54) is 12.2 Å². The van der Waals surface area contributed by atoms with Gasteiger partial charge < -0.3 is 15.5 Å². The van der Waals surface area contributed by atoms with Crippen molar-refractivity contribution in [3.05, 3.63) is 95.7 Å². The molecule has 9 heteroatoms. The molecule has 3 rings (SSSR count). The number of aromatic nitrogens is 1. The van der Waals surface area contributed by atoms with Gasteiger partial charge in [0.15, 0.2) is 0 Å². The van der Waals surface area contributed by atoms with Crippen molar-refractivity contribution >= 4 is 23.7 Å². The molecule has 39 heavy (non-hydrogen) atoms. The Kier molecular flexibility index (Phi) is 10.6. The fourth-order valence-corrected chi connectivity index (χ4v) is 4.06. The zero-order valence-electron chi connectivity index (χ0n) is 22.2. The molecule has 204 valence electrons. The van der Waals surface area contributed by atoms with Crippen LogP contribution in [0.3, 0.4) is 0 Å². The topological polar surface area (TPSA) is 135 Å². The minimum Gasteiger partial charge on any atom is -0.463 e. The molecule has 0 fully saturated rings. The molecule has 1 atom stereocenters. The van der Waals surface area contributed by atoms with E-state index in [1.807, 2.05) is 61.5 Å². The minimum atomic E-state index is -0.820. The largest absolute Gasteiger partial charge is 0.463 e. The summed E-state index contributed by atoms with van der Waals surface area (Å²) < 4.78 is 4.96. The molecule has 1 heterocycles. The molecule has 4 N–H and O–H groups in total. The lowest BCUT2D eigenvalue weighted by Crippen LogP contribution is -2.51. The second kappa shape index (κ2) is 14.3. The molecule has 0 saturated heterocycles. The molecule has 0 aliphatic heterocycles. The van der Waals surface area contributed by atoms with Crippen molar-refractivity contribution in [1.29, 1.82) is 0 Å². The number of nitrogens with zero attached hydrogens (tertiary/aromatic N) is 1. The maximum Gasteiger partial charge on any atom is 0.330 e. The van der Waals surface area contributed by atoms with Gasteiger partial charge in [0.2, 0.25) is 11.8 Å². The lowest BCUT2D eigenvalue weighted by Gasteiger charge is -2.30. The summed E-state index contributed by atoms with van der Waals surface area (Å²) in [6.45, 7) is 3.83. The van der Waals surface area contributed by atoms with Gasteiger partial charge in [0.25, 0.3) is 5.91 Å². The summed E-state index contributed by atoms with van der Waals surface area (Å²) in [5, 5.41) is 1.16. The molecule has 0 aliphatic rings. The number of hydrazine groups is 1. The number of ether oxygens (including phenoxy) is 1. The van der Waals surface area contributed by atoms with Crippen LogP contribution in [-0.2, 0) is 25.5 Å². The predicted octanol–water partition coefficient (Wildman–Crippen LogP) is 3.85. The monoisotopic (exact) mass is 530 g/mol. The predicted molar refractivity (Wildman–Crippen MR) is 148 cm³/mol. The maximum atomic E-state index is 13.4. The van der Waals surface area contributed by atoms with Crippen LogP contribution in [0.25, 0.3) is 11.3 Å². The number of hydrogen-bond donors (Lipinski definition) is 3. The molecule has 0 saturated carbocycles. The molecule has 0 bridgehead atoms. The second-order valence-corrected chi connectivity index (χ2v) is 8.97. The summed E-state index contributed by atoms with van der Waals surface area (Å²) in [5.74, 6) is -2.10. The van der Waals surface area contributed by atoms with E-state index in [0.717, 1.165) is 27.4 Å². The number of carbonyl (C=O) groups excluding carboxylic acids is 4. The van der Waals surface area contributed by atoms with E-state index >= 15 is 0 Å². The number of benzene rings is 2. The zero-order chi connectivity index (χ0) is 28.2. The molecule has 2 aromatic carbocycles. The molecular formula is C30H34N4O5. The van der Waals surface area contributed by atoms with E-state index in [2.05, 4.69) is 10.4 Å². The molecule has 0 aliphatic carbocycles. The van der Waals surface area contributed by atoms with Crippen LogP contribution in [0.2, 0.25) is 0 Å². The average molecular weight is 531 g/mol. The fraction of sp³-hybridized carbons (Fsp3) is 0.267. The third-order valence-corrected chi connectivity index (χ3v) is 6.09. The van der Waals surface area contributed by atoms with E-state index in [4.69, 9.17) is 10.5 Å². The lowest BCUT2D eigenvalue weighted by atomic mass is 10.1. The molecule has 3 aromatic rings. The van der Waals surface area contributed by atoms with Crippen molar-refractivity contribution < 1.29 is 23.9 Å². The number of primary amides is 1. The quantitative estimate of drug-likeness (QED) is 0.186. The van der Waals surface area contributed by atoms with Crippen LogP contribution in [0.5, 0.6) is 0 Å². The Labute approximate surface area is 228 Å².